The molecule has 82 valence electrons. The number of carbonyl (C=O) groups excluding carboxylic acids is 1. The summed E-state index contributed by atoms with van der Waals surface area (Å²) in [6.45, 7) is 3.12. The lowest BCUT2D eigenvalue weighted by atomic mass is 10.2. The highest BCUT2D eigenvalue weighted by Gasteiger charge is 2.05. The van der Waals surface area contributed by atoms with E-state index in [2.05, 4.69) is 16.8 Å². The lowest BCUT2D eigenvalue weighted by molar-refractivity contribution is 0.0995. The summed E-state index contributed by atoms with van der Waals surface area (Å²) in [5, 5.41) is 0. The van der Waals surface area contributed by atoms with Gasteiger partial charge in [0.05, 0.1) is 0 Å². The van der Waals surface area contributed by atoms with E-state index >= 15 is 0 Å². The van der Waals surface area contributed by atoms with Gasteiger partial charge in [-0.15, -0.1) is 0 Å². The second-order valence-electron chi connectivity index (χ2n) is 3.54. The predicted octanol–water partition coefficient (Wildman–Crippen LogP) is 1.42. The van der Waals surface area contributed by atoms with Gasteiger partial charge in [0.15, 0.2) is 0 Å². The minimum Gasteiger partial charge on any atom is -0.374 e. The molecule has 4 nitrogen and oxygen atoms in total. The Kier molecular flexibility index (Phi) is 4.09. The molecule has 1 aromatic heterocycles. The van der Waals surface area contributed by atoms with E-state index in [1.54, 1.807) is 12.3 Å². The van der Waals surface area contributed by atoms with Crippen LogP contribution in [0.3, 0.4) is 0 Å². The topological polar surface area (TPSA) is 59.2 Å². The number of nitrogens with zero attached hydrogens (tertiary/aromatic N) is 2. The zero-order valence-electron chi connectivity index (χ0n) is 9.23. The van der Waals surface area contributed by atoms with Crippen LogP contribution in [0.15, 0.2) is 18.3 Å². The molecule has 0 bridgehead atoms. The van der Waals surface area contributed by atoms with Crippen LogP contribution in [0.25, 0.3) is 0 Å². The van der Waals surface area contributed by atoms with Crippen molar-refractivity contribution in [3.8, 4) is 0 Å². The van der Waals surface area contributed by atoms with Crippen LogP contribution in [0.2, 0.25) is 0 Å². The van der Waals surface area contributed by atoms with Crippen LogP contribution >= 0.6 is 0 Å². The van der Waals surface area contributed by atoms with Crippen LogP contribution in [0, 0.1) is 0 Å². The van der Waals surface area contributed by atoms with Crippen LogP contribution in [-0.2, 0) is 0 Å². The predicted molar refractivity (Wildman–Crippen MR) is 60.9 cm³/mol. The monoisotopic (exact) mass is 207 g/mol. The van der Waals surface area contributed by atoms with Crippen LogP contribution in [0.5, 0.6) is 0 Å². The third-order valence-electron chi connectivity index (χ3n) is 2.28. The van der Waals surface area contributed by atoms with E-state index in [1.165, 1.54) is 0 Å². The molecule has 0 saturated carbocycles. The van der Waals surface area contributed by atoms with Crippen molar-refractivity contribution in [3.63, 3.8) is 0 Å². The normalized spacial score (nSPS) is 10.0. The molecule has 0 aromatic carbocycles. The average molecular weight is 207 g/mol. The number of anilines is 1. The largest absolute Gasteiger partial charge is 0.374 e. The molecule has 0 radical (unpaired) electrons. The molecular formula is C11H17N3O. The summed E-state index contributed by atoms with van der Waals surface area (Å²) in [6.07, 6.45) is 3.89. The molecule has 1 heterocycles. The zero-order valence-corrected chi connectivity index (χ0v) is 9.23. The number of amides is 1. The highest BCUT2D eigenvalue weighted by molar-refractivity contribution is 5.91. The lowest BCUT2D eigenvalue weighted by Gasteiger charge is -2.18. The third kappa shape index (κ3) is 3.23. The molecule has 0 aliphatic heterocycles. The summed E-state index contributed by atoms with van der Waals surface area (Å²) in [7, 11) is 2.00. The fraction of sp³-hybridized carbons (Fsp3) is 0.455. The maximum atomic E-state index is 10.9. The third-order valence-corrected chi connectivity index (χ3v) is 2.28. The molecular weight excluding hydrogens is 190 g/mol. The Morgan fingerprint density at radius 2 is 2.33 bits per heavy atom. The van der Waals surface area contributed by atoms with Crippen molar-refractivity contribution in [1.29, 1.82) is 0 Å². The first kappa shape index (κ1) is 11.5. The van der Waals surface area contributed by atoms with E-state index in [9.17, 15) is 4.79 Å². The summed E-state index contributed by atoms with van der Waals surface area (Å²) in [5.41, 5.74) is 6.46. The van der Waals surface area contributed by atoms with Crippen LogP contribution in [0.1, 0.15) is 30.3 Å². The van der Waals surface area contributed by atoms with Gasteiger partial charge in [0.2, 0.25) is 0 Å². The number of hydrogen-bond acceptors (Lipinski definition) is 3. The molecule has 1 aromatic rings. The maximum absolute atomic E-state index is 10.9. The fourth-order valence-electron chi connectivity index (χ4n) is 1.32. The van der Waals surface area contributed by atoms with Crippen molar-refractivity contribution in [1.82, 2.24) is 4.98 Å². The van der Waals surface area contributed by atoms with E-state index in [1.807, 2.05) is 13.1 Å². The second-order valence-corrected chi connectivity index (χ2v) is 3.54. The molecule has 1 amide bonds. The molecule has 0 atom stereocenters. The molecule has 0 unspecified atom stereocenters. The smallest absolute Gasteiger partial charge is 0.267 e. The zero-order chi connectivity index (χ0) is 11.3. The van der Waals surface area contributed by atoms with Gasteiger partial charge in [-0.1, -0.05) is 13.3 Å². The van der Waals surface area contributed by atoms with E-state index in [0.717, 1.165) is 25.1 Å². The number of unbranched alkanes of at least 4 members (excludes halogenated alkanes) is 1. The molecule has 0 spiro atoms. The SMILES string of the molecule is CCCCN(C)c1ccnc(C(N)=O)c1. The van der Waals surface area contributed by atoms with E-state index in [4.69, 9.17) is 5.73 Å². The molecule has 2 N–H and O–H groups in total. The Hall–Kier alpha value is -1.58. The van der Waals surface area contributed by atoms with Gasteiger partial charge in [0, 0.05) is 25.5 Å². The maximum Gasteiger partial charge on any atom is 0.267 e. The lowest BCUT2D eigenvalue weighted by Crippen LogP contribution is -2.20. The number of aromatic nitrogens is 1. The summed E-state index contributed by atoms with van der Waals surface area (Å²) in [4.78, 5) is 16.9. The number of rotatable bonds is 5. The van der Waals surface area contributed by atoms with Gasteiger partial charge in [-0.2, -0.15) is 0 Å². The minimum absolute atomic E-state index is 0.316. The Balaban J connectivity index is 2.76. The van der Waals surface area contributed by atoms with Crippen molar-refractivity contribution in [2.45, 2.75) is 19.8 Å². The van der Waals surface area contributed by atoms with Crippen LogP contribution < -0.4 is 10.6 Å². The van der Waals surface area contributed by atoms with Gasteiger partial charge in [0.25, 0.3) is 5.91 Å². The summed E-state index contributed by atoms with van der Waals surface area (Å²) in [5.74, 6) is -0.485. The first-order chi connectivity index (χ1) is 7.15. The molecule has 0 saturated heterocycles. The molecule has 0 fully saturated rings. The quantitative estimate of drug-likeness (QED) is 0.794. The molecule has 0 aliphatic carbocycles. The summed E-state index contributed by atoms with van der Waals surface area (Å²) < 4.78 is 0. The Bertz CT molecular complexity index is 338. The average Bonchev–Trinajstić information content (AvgIpc) is 2.26. The van der Waals surface area contributed by atoms with Gasteiger partial charge >= 0.3 is 0 Å². The van der Waals surface area contributed by atoms with Gasteiger partial charge in [-0.05, 0) is 18.6 Å². The Labute approximate surface area is 90.1 Å². The van der Waals surface area contributed by atoms with Crippen molar-refractivity contribution < 1.29 is 4.79 Å². The minimum atomic E-state index is -0.485. The number of hydrogen-bond donors (Lipinski definition) is 1. The standard InChI is InChI=1S/C11H17N3O/c1-3-4-7-14(2)9-5-6-13-10(8-9)11(12)15/h5-6,8H,3-4,7H2,1-2H3,(H2,12,15). The number of carbonyl (C=O) groups is 1. The van der Waals surface area contributed by atoms with Crippen molar-refractivity contribution in [3.05, 3.63) is 24.0 Å². The van der Waals surface area contributed by atoms with E-state index in [-0.39, 0.29) is 0 Å². The fourth-order valence-corrected chi connectivity index (χ4v) is 1.32. The first-order valence-electron chi connectivity index (χ1n) is 5.12. The summed E-state index contributed by atoms with van der Waals surface area (Å²) >= 11 is 0. The van der Waals surface area contributed by atoms with Gasteiger partial charge < -0.3 is 10.6 Å². The Morgan fingerprint density at radius 3 is 2.93 bits per heavy atom. The molecule has 4 heteroatoms. The van der Waals surface area contributed by atoms with Crippen LogP contribution in [-0.4, -0.2) is 24.5 Å². The molecule has 15 heavy (non-hydrogen) atoms. The van der Waals surface area contributed by atoms with Gasteiger partial charge in [0.1, 0.15) is 5.69 Å². The van der Waals surface area contributed by atoms with E-state index in [0.29, 0.717) is 5.69 Å². The van der Waals surface area contributed by atoms with Gasteiger partial charge in [-0.25, -0.2) is 0 Å². The Morgan fingerprint density at radius 1 is 1.60 bits per heavy atom. The van der Waals surface area contributed by atoms with Crippen molar-refractivity contribution in [2.75, 3.05) is 18.5 Å². The van der Waals surface area contributed by atoms with Crippen LogP contribution in [0.4, 0.5) is 5.69 Å². The van der Waals surface area contributed by atoms with E-state index < -0.39 is 5.91 Å². The number of primary amides is 1. The molecule has 1 rings (SSSR count). The second kappa shape index (κ2) is 5.34. The molecule has 0 aliphatic rings. The number of nitrogens with two attached hydrogens (primary N) is 1. The highest BCUT2D eigenvalue weighted by Crippen LogP contribution is 2.13. The van der Waals surface area contributed by atoms with Crippen molar-refractivity contribution >= 4 is 11.6 Å². The number of pyridine rings is 1. The summed E-state index contributed by atoms with van der Waals surface area (Å²) in [6, 6.07) is 3.60. The van der Waals surface area contributed by atoms with Crippen molar-refractivity contribution in [2.24, 2.45) is 5.73 Å². The van der Waals surface area contributed by atoms with Gasteiger partial charge in [-0.3, -0.25) is 9.78 Å². The highest BCUT2D eigenvalue weighted by atomic mass is 16.1. The first-order valence-corrected chi connectivity index (χ1v) is 5.12.